The molecule has 30 heavy (non-hydrogen) atoms. The molecule has 9 nitrogen and oxygen atoms in total. The molecule has 2 heterocycles. The molecule has 3 rings (SSSR count). The summed E-state index contributed by atoms with van der Waals surface area (Å²) in [7, 11) is -3.62. The molecule has 0 spiro atoms. The van der Waals surface area contributed by atoms with Gasteiger partial charge in [-0.25, -0.2) is 22.9 Å². The van der Waals surface area contributed by atoms with Crippen LogP contribution in [0.15, 0.2) is 59.8 Å². The van der Waals surface area contributed by atoms with Gasteiger partial charge in [-0.15, -0.1) is 0 Å². The van der Waals surface area contributed by atoms with E-state index >= 15 is 0 Å². The van der Waals surface area contributed by atoms with E-state index in [0.29, 0.717) is 11.3 Å². The molecule has 10 heteroatoms. The third-order valence-corrected chi connectivity index (χ3v) is 5.72. The van der Waals surface area contributed by atoms with Gasteiger partial charge >= 0.3 is 5.97 Å². The number of anilines is 1. The lowest BCUT2D eigenvalue weighted by Gasteiger charge is -2.13. The molecule has 0 saturated heterocycles. The Labute approximate surface area is 174 Å². The Kier molecular flexibility index (Phi) is 6.18. The molecular weight excluding hydrogens is 408 g/mol. The third kappa shape index (κ3) is 5.02. The van der Waals surface area contributed by atoms with Crippen LogP contribution >= 0.6 is 0 Å². The van der Waals surface area contributed by atoms with Crippen molar-refractivity contribution in [3.05, 3.63) is 60.6 Å². The van der Waals surface area contributed by atoms with Crippen LogP contribution in [0.1, 0.15) is 31.3 Å². The minimum absolute atomic E-state index is 0.0838. The van der Waals surface area contributed by atoms with Gasteiger partial charge in [0, 0.05) is 24.1 Å². The first kappa shape index (κ1) is 21.5. The molecule has 3 aromatic rings. The van der Waals surface area contributed by atoms with Crippen molar-refractivity contribution in [3.8, 4) is 0 Å². The van der Waals surface area contributed by atoms with Crippen molar-refractivity contribution < 1.29 is 22.7 Å². The Balaban J connectivity index is 1.61. The van der Waals surface area contributed by atoms with Gasteiger partial charge in [-0.05, 0) is 57.2 Å². The monoisotopic (exact) mass is 430 g/mol. The van der Waals surface area contributed by atoms with E-state index in [0.717, 1.165) is 0 Å². The molecular formula is C20H22N4O5S. The van der Waals surface area contributed by atoms with Crippen LogP contribution in [0.5, 0.6) is 0 Å². The predicted molar refractivity (Wildman–Crippen MR) is 111 cm³/mol. The lowest BCUT2D eigenvalue weighted by atomic mass is 10.3. The molecule has 0 aliphatic rings. The minimum atomic E-state index is -3.62. The summed E-state index contributed by atoms with van der Waals surface area (Å²) < 4.78 is 33.6. The van der Waals surface area contributed by atoms with Crippen LogP contribution in [0.4, 0.5) is 5.69 Å². The SMILES string of the molecule is CC(C)NS(=O)(=O)c1ccc(NC(=O)C(C)OC(=O)c2cn3ccccc3n2)cc1. The quantitative estimate of drug-likeness (QED) is 0.555. The number of amides is 1. The number of hydrogen-bond donors (Lipinski definition) is 2. The van der Waals surface area contributed by atoms with Crippen LogP contribution in [0.25, 0.3) is 5.65 Å². The summed E-state index contributed by atoms with van der Waals surface area (Å²) in [4.78, 5) is 28.8. The van der Waals surface area contributed by atoms with E-state index in [1.807, 2.05) is 0 Å². The first-order chi connectivity index (χ1) is 14.2. The number of nitrogens with zero attached hydrogens (tertiary/aromatic N) is 2. The zero-order valence-electron chi connectivity index (χ0n) is 16.7. The number of aromatic nitrogens is 2. The number of ether oxygens (including phenoxy) is 1. The highest BCUT2D eigenvalue weighted by molar-refractivity contribution is 7.89. The van der Waals surface area contributed by atoms with Gasteiger partial charge in [0.25, 0.3) is 5.91 Å². The second-order valence-corrected chi connectivity index (χ2v) is 8.64. The Morgan fingerprint density at radius 3 is 2.40 bits per heavy atom. The van der Waals surface area contributed by atoms with E-state index in [1.54, 1.807) is 42.6 Å². The summed E-state index contributed by atoms with van der Waals surface area (Å²) in [6.07, 6.45) is 2.19. The van der Waals surface area contributed by atoms with E-state index in [9.17, 15) is 18.0 Å². The highest BCUT2D eigenvalue weighted by Gasteiger charge is 2.21. The number of imidazole rings is 1. The molecule has 1 unspecified atom stereocenters. The number of fused-ring (bicyclic) bond motifs is 1. The topological polar surface area (TPSA) is 119 Å². The van der Waals surface area contributed by atoms with Crippen LogP contribution in [0.2, 0.25) is 0 Å². The second-order valence-electron chi connectivity index (χ2n) is 6.93. The normalized spacial score (nSPS) is 12.7. The molecule has 2 aromatic heterocycles. The first-order valence-electron chi connectivity index (χ1n) is 9.23. The van der Waals surface area contributed by atoms with Crippen LogP contribution in [0.3, 0.4) is 0 Å². The lowest BCUT2D eigenvalue weighted by Crippen LogP contribution is -2.30. The van der Waals surface area contributed by atoms with Gasteiger partial charge < -0.3 is 14.5 Å². The average Bonchev–Trinajstić information content (AvgIpc) is 3.11. The predicted octanol–water partition coefficient (Wildman–Crippen LogP) is 2.21. The van der Waals surface area contributed by atoms with E-state index in [-0.39, 0.29) is 16.6 Å². The molecule has 0 fully saturated rings. The minimum Gasteiger partial charge on any atom is -0.448 e. The van der Waals surface area contributed by atoms with Crippen LogP contribution in [-0.2, 0) is 19.6 Å². The summed E-state index contributed by atoms with van der Waals surface area (Å²) in [5.74, 6) is -1.27. The molecule has 2 N–H and O–H groups in total. The number of rotatable bonds is 7. The number of sulfonamides is 1. The van der Waals surface area contributed by atoms with Crippen LogP contribution in [-0.4, -0.2) is 41.8 Å². The maximum absolute atomic E-state index is 12.3. The molecule has 1 amide bonds. The summed E-state index contributed by atoms with van der Waals surface area (Å²) in [6.45, 7) is 4.89. The van der Waals surface area contributed by atoms with Gasteiger partial charge in [-0.2, -0.15) is 0 Å². The van der Waals surface area contributed by atoms with Gasteiger partial charge in [0.2, 0.25) is 10.0 Å². The number of pyridine rings is 1. The molecule has 0 radical (unpaired) electrons. The molecule has 0 bridgehead atoms. The van der Waals surface area contributed by atoms with Crippen molar-refractivity contribution in [2.75, 3.05) is 5.32 Å². The standard InChI is InChI=1S/C20H22N4O5S/c1-13(2)23-30(27,28)16-9-7-15(8-10-16)21-19(25)14(3)29-20(26)17-12-24-11-5-4-6-18(24)22-17/h4-14,23H,1-3H3,(H,21,25). The number of benzene rings is 1. The van der Waals surface area contributed by atoms with Crippen molar-refractivity contribution >= 4 is 33.2 Å². The second kappa shape index (κ2) is 8.64. The largest absolute Gasteiger partial charge is 0.448 e. The zero-order chi connectivity index (χ0) is 21.9. The smallest absolute Gasteiger partial charge is 0.359 e. The fraction of sp³-hybridized carbons (Fsp3) is 0.250. The molecule has 0 saturated carbocycles. The molecule has 1 atom stereocenters. The Bertz CT molecular complexity index is 1140. The number of carbonyl (C=O) groups is 2. The number of hydrogen-bond acceptors (Lipinski definition) is 6. The van der Waals surface area contributed by atoms with E-state index in [4.69, 9.17) is 4.74 Å². The molecule has 0 aliphatic heterocycles. The number of carbonyl (C=O) groups excluding carboxylic acids is 2. The van der Waals surface area contributed by atoms with Crippen molar-refractivity contribution in [1.29, 1.82) is 0 Å². The lowest BCUT2D eigenvalue weighted by molar-refractivity contribution is -0.123. The van der Waals surface area contributed by atoms with Gasteiger partial charge in [0.1, 0.15) is 5.65 Å². The Hall–Kier alpha value is -3.24. The van der Waals surface area contributed by atoms with Crippen molar-refractivity contribution in [3.63, 3.8) is 0 Å². The summed E-state index contributed by atoms with van der Waals surface area (Å²) >= 11 is 0. The first-order valence-corrected chi connectivity index (χ1v) is 10.7. The van der Waals surface area contributed by atoms with E-state index < -0.39 is 28.0 Å². The molecule has 1 aromatic carbocycles. The summed E-state index contributed by atoms with van der Waals surface area (Å²) in [5, 5.41) is 2.59. The summed E-state index contributed by atoms with van der Waals surface area (Å²) in [6, 6.07) is 10.8. The van der Waals surface area contributed by atoms with Gasteiger partial charge in [-0.1, -0.05) is 6.07 Å². The van der Waals surface area contributed by atoms with Gasteiger partial charge in [0.15, 0.2) is 11.8 Å². The van der Waals surface area contributed by atoms with Crippen molar-refractivity contribution in [2.45, 2.75) is 37.8 Å². The molecule has 158 valence electrons. The maximum atomic E-state index is 12.3. The Morgan fingerprint density at radius 1 is 1.07 bits per heavy atom. The number of nitrogens with one attached hydrogen (secondary N) is 2. The number of esters is 1. The van der Waals surface area contributed by atoms with Crippen molar-refractivity contribution in [1.82, 2.24) is 14.1 Å². The van der Waals surface area contributed by atoms with Crippen LogP contribution < -0.4 is 10.0 Å². The van der Waals surface area contributed by atoms with Crippen molar-refractivity contribution in [2.24, 2.45) is 0 Å². The molecule has 0 aliphatic carbocycles. The van der Waals surface area contributed by atoms with E-state index in [2.05, 4.69) is 15.0 Å². The zero-order valence-corrected chi connectivity index (χ0v) is 17.5. The van der Waals surface area contributed by atoms with Crippen LogP contribution in [0, 0.1) is 0 Å². The van der Waals surface area contributed by atoms with E-state index in [1.165, 1.54) is 37.4 Å². The Morgan fingerprint density at radius 2 is 1.77 bits per heavy atom. The fourth-order valence-corrected chi connectivity index (χ4v) is 3.90. The average molecular weight is 430 g/mol. The third-order valence-electron chi connectivity index (χ3n) is 4.05. The highest BCUT2D eigenvalue weighted by atomic mass is 32.2. The van der Waals surface area contributed by atoms with Gasteiger partial charge in [0.05, 0.1) is 4.90 Å². The fourth-order valence-electron chi connectivity index (χ4n) is 2.65. The maximum Gasteiger partial charge on any atom is 0.359 e. The highest BCUT2D eigenvalue weighted by Crippen LogP contribution is 2.15. The summed E-state index contributed by atoms with van der Waals surface area (Å²) in [5.41, 5.74) is 1.05. The van der Waals surface area contributed by atoms with Gasteiger partial charge in [-0.3, -0.25) is 4.79 Å².